The molecular formula is C15H20N6O4. The largest absolute Gasteiger partial charge is 0.455 e. The molecule has 0 bridgehead atoms. The zero-order chi connectivity index (χ0) is 18.6. The summed E-state index contributed by atoms with van der Waals surface area (Å²) in [6.07, 6.45) is 1.35. The number of rotatable bonds is 6. The van der Waals surface area contributed by atoms with Gasteiger partial charge in [-0.25, -0.2) is 9.50 Å². The minimum atomic E-state index is -0.568. The van der Waals surface area contributed by atoms with Crippen molar-refractivity contribution < 1.29 is 19.1 Å². The van der Waals surface area contributed by atoms with Gasteiger partial charge in [-0.2, -0.15) is 10.1 Å². The topological polar surface area (TPSA) is 119 Å². The van der Waals surface area contributed by atoms with Gasteiger partial charge in [0.05, 0.1) is 13.0 Å². The Balaban J connectivity index is 1.90. The number of amides is 2. The van der Waals surface area contributed by atoms with E-state index in [0.29, 0.717) is 17.0 Å². The normalized spacial score (nSPS) is 10.6. The van der Waals surface area contributed by atoms with Gasteiger partial charge in [0.2, 0.25) is 5.91 Å². The zero-order valence-electron chi connectivity index (χ0n) is 14.6. The van der Waals surface area contributed by atoms with Gasteiger partial charge in [-0.15, -0.1) is 0 Å². The number of hydrogen-bond acceptors (Lipinski definition) is 7. The summed E-state index contributed by atoms with van der Waals surface area (Å²) < 4.78 is 6.49. The van der Waals surface area contributed by atoms with Crippen molar-refractivity contribution in [1.82, 2.24) is 29.8 Å². The number of nitrogens with zero attached hydrogens (tertiary/aromatic N) is 5. The molecule has 1 N–H and O–H groups in total. The van der Waals surface area contributed by atoms with Gasteiger partial charge < -0.3 is 15.0 Å². The molecule has 2 amide bonds. The lowest BCUT2D eigenvalue weighted by Crippen LogP contribution is -2.38. The van der Waals surface area contributed by atoms with Crippen LogP contribution in [0.25, 0.3) is 5.78 Å². The minimum absolute atomic E-state index is 0.0373. The van der Waals surface area contributed by atoms with Crippen molar-refractivity contribution >= 4 is 23.6 Å². The van der Waals surface area contributed by atoms with Crippen LogP contribution in [-0.2, 0) is 25.5 Å². The van der Waals surface area contributed by atoms with E-state index in [1.54, 1.807) is 27.9 Å². The standard InChI is InChI=1S/C15H20N6O4/c1-9-11(10(2)21-15(19-9)17-8-18-21)5-14(24)25-7-12(22)16-6-13(23)20(3)4/h8H,5-7H2,1-4H3,(H,16,22). The third kappa shape index (κ3) is 4.49. The second kappa shape index (κ2) is 7.69. The van der Waals surface area contributed by atoms with E-state index < -0.39 is 18.5 Å². The molecule has 10 nitrogen and oxygen atoms in total. The van der Waals surface area contributed by atoms with E-state index >= 15 is 0 Å². The summed E-state index contributed by atoms with van der Waals surface area (Å²) in [7, 11) is 3.17. The summed E-state index contributed by atoms with van der Waals surface area (Å²) in [5, 5.41) is 6.43. The Morgan fingerprint density at radius 3 is 2.68 bits per heavy atom. The number of carbonyl (C=O) groups is 3. The summed E-state index contributed by atoms with van der Waals surface area (Å²) in [4.78, 5) is 44.6. The number of likely N-dealkylation sites (N-methyl/N-ethyl adjacent to an activating group) is 1. The number of ether oxygens (including phenoxy) is 1. The van der Waals surface area contributed by atoms with Gasteiger partial charge in [0, 0.05) is 31.0 Å². The second-order valence-electron chi connectivity index (χ2n) is 5.64. The number of hydrogen-bond donors (Lipinski definition) is 1. The maximum atomic E-state index is 12.0. The molecule has 25 heavy (non-hydrogen) atoms. The molecule has 0 aromatic carbocycles. The van der Waals surface area contributed by atoms with E-state index in [1.165, 1.54) is 15.7 Å². The van der Waals surface area contributed by atoms with Crippen LogP contribution in [0.2, 0.25) is 0 Å². The maximum Gasteiger partial charge on any atom is 0.310 e. The van der Waals surface area contributed by atoms with Crippen LogP contribution in [0.3, 0.4) is 0 Å². The molecular weight excluding hydrogens is 328 g/mol. The molecule has 0 aliphatic rings. The molecule has 2 aromatic rings. The molecule has 0 saturated carbocycles. The number of fused-ring (bicyclic) bond motifs is 1. The highest BCUT2D eigenvalue weighted by molar-refractivity contribution is 5.86. The van der Waals surface area contributed by atoms with E-state index in [4.69, 9.17) is 4.74 Å². The van der Waals surface area contributed by atoms with Gasteiger partial charge in [0.25, 0.3) is 11.7 Å². The fraction of sp³-hybridized carbons (Fsp3) is 0.467. The predicted molar refractivity (Wildman–Crippen MR) is 86.6 cm³/mol. The molecule has 0 spiro atoms. The first-order chi connectivity index (χ1) is 11.8. The molecule has 2 rings (SSSR count). The molecule has 10 heteroatoms. The van der Waals surface area contributed by atoms with Crippen LogP contribution in [0.5, 0.6) is 0 Å². The molecule has 2 aromatic heterocycles. The second-order valence-corrected chi connectivity index (χ2v) is 5.64. The zero-order valence-corrected chi connectivity index (χ0v) is 14.6. The lowest BCUT2D eigenvalue weighted by atomic mass is 10.1. The van der Waals surface area contributed by atoms with E-state index in [2.05, 4.69) is 20.4 Å². The van der Waals surface area contributed by atoms with Crippen LogP contribution in [-0.4, -0.2) is 69.5 Å². The Labute approximate surface area is 144 Å². The number of aryl methyl sites for hydroxylation is 2. The van der Waals surface area contributed by atoms with Crippen LogP contribution in [0, 0.1) is 13.8 Å². The van der Waals surface area contributed by atoms with Crippen molar-refractivity contribution in [3.8, 4) is 0 Å². The van der Waals surface area contributed by atoms with Gasteiger partial charge in [-0.05, 0) is 13.8 Å². The van der Waals surface area contributed by atoms with Gasteiger partial charge in [0.1, 0.15) is 6.33 Å². The summed E-state index contributed by atoms with van der Waals surface area (Å²) in [6, 6.07) is 0. The van der Waals surface area contributed by atoms with E-state index in [9.17, 15) is 14.4 Å². The van der Waals surface area contributed by atoms with Crippen molar-refractivity contribution in [2.24, 2.45) is 0 Å². The van der Waals surface area contributed by atoms with Gasteiger partial charge in [0.15, 0.2) is 6.61 Å². The van der Waals surface area contributed by atoms with Crippen molar-refractivity contribution in [2.75, 3.05) is 27.2 Å². The third-order valence-electron chi connectivity index (χ3n) is 3.61. The highest BCUT2D eigenvalue weighted by atomic mass is 16.5. The minimum Gasteiger partial charge on any atom is -0.455 e. The molecule has 0 fully saturated rings. The van der Waals surface area contributed by atoms with Gasteiger partial charge in [-0.1, -0.05) is 0 Å². The monoisotopic (exact) mass is 348 g/mol. The Morgan fingerprint density at radius 1 is 1.28 bits per heavy atom. The Bertz CT molecular complexity index is 814. The summed E-state index contributed by atoms with van der Waals surface area (Å²) in [5.74, 6) is -0.904. The molecule has 0 aliphatic carbocycles. The molecule has 0 radical (unpaired) electrons. The molecule has 0 aliphatic heterocycles. The van der Waals surface area contributed by atoms with Crippen LogP contribution in [0.1, 0.15) is 17.0 Å². The Hall–Kier alpha value is -3.04. The van der Waals surface area contributed by atoms with Crippen molar-refractivity contribution in [3.63, 3.8) is 0 Å². The quantitative estimate of drug-likeness (QED) is 0.667. The summed E-state index contributed by atoms with van der Waals surface area (Å²) in [6.45, 7) is 2.98. The first-order valence-electron chi connectivity index (χ1n) is 7.58. The van der Waals surface area contributed by atoms with Crippen LogP contribution < -0.4 is 5.32 Å². The molecule has 0 unspecified atom stereocenters. The first kappa shape index (κ1) is 18.3. The van der Waals surface area contributed by atoms with E-state index in [-0.39, 0.29) is 18.9 Å². The van der Waals surface area contributed by atoms with E-state index in [1.807, 2.05) is 0 Å². The average Bonchev–Trinajstić information content (AvgIpc) is 3.02. The molecule has 0 saturated heterocycles. The SMILES string of the molecule is Cc1nc2ncnn2c(C)c1CC(=O)OCC(=O)NCC(=O)N(C)C. The number of carbonyl (C=O) groups excluding carboxylic acids is 3. The Morgan fingerprint density at radius 2 is 2.00 bits per heavy atom. The molecule has 134 valence electrons. The number of esters is 1. The maximum absolute atomic E-state index is 12.0. The van der Waals surface area contributed by atoms with Crippen LogP contribution in [0.15, 0.2) is 6.33 Å². The Kier molecular flexibility index (Phi) is 5.63. The third-order valence-corrected chi connectivity index (χ3v) is 3.61. The fourth-order valence-electron chi connectivity index (χ4n) is 2.14. The van der Waals surface area contributed by atoms with Crippen molar-refractivity contribution in [2.45, 2.75) is 20.3 Å². The smallest absolute Gasteiger partial charge is 0.310 e. The van der Waals surface area contributed by atoms with Crippen molar-refractivity contribution in [3.05, 3.63) is 23.3 Å². The molecule has 0 atom stereocenters. The molecule has 2 heterocycles. The van der Waals surface area contributed by atoms with Crippen molar-refractivity contribution in [1.29, 1.82) is 0 Å². The summed E-state index contributed by atoms with van der Waals surface area (Å²) in [5.41, 5.74) is 2.06. The highest BCUT2D eigenvalue weighted by Crippen LogP contribution is 2.14. The average molecular weight is 348 g/mol. The van der Waals surface area contributed by atoms with Gasteiger partial charge in [-0.3, -0.25) is 14.4 Å². The fourth-order valence-corrected chi connectivity index (χ4v) is 2.14. The summed E-state index contributed by atoms with van der Waals surface area (Å²) >= 11 is 0. The lowest BCUT2D eigenvalue weighted by Gasteiger charge is -2.12. The highest BCUT2D eigenvalue weighted by Gasteiger charge is 2.16. The van der Waals surface area contributed by atoms with Crippen LogP contribution in [0.4, 0.5) is 0 Å². The van der Waals surface area contributed by atoms with Crippen LogP contribution >= 0.6 is 0 Å². The predicted octanol–water partition coefficient (Wildman–Crippen LogP) is -0.969. The van der Waals surface area contributed by atoms with Gasteiger partial charge >= 0.3 is 5.97 Å². The lowest BCUT2D eigenvalue weighted by molar-refractivity contribution is -0.148. The first-order valence-corrected chi connectivity index (χ1v) is 7.58. The number of aromatic nitrogens is 4. The van der Waals surface area contributed by atoms with E-state index in [0.717, 1.165) is 5.69 Å². The number of nitrogens with one attached hydrogen (secondary N) is 1.